The van der Waals surface area contributed by atoms with Crippen molar-refractivity contribution in [3.8, 4) is 23.0 Å². The Morgan fingerprint density at radius 2 is 0.974 bits per heavy atom. The summed E-state index contributed by atoms with van der Waals surface area (Å²) in [5.74, 6) is 1.70. The van der Waals surface area contributed by atoms with Crippen molar-refractivity contribution in [2.24, 2.45) is 0 Å². The van der Waals surface area contributed by atoms with Gasteiger partial charge in [-0.1, -0.05) is 54.6 Å². The molecular weight excluding hydrogens is 480 g/mol. The molecule has 194 valence electrons. The highest BCUT2D eigenvalue weighted by molar-refractivity contribution is 5.95. The van der Waals surface area contributed by atoms with Crippen molar-refractivity contribution in [1.29, 1.82) is 0 Å². The zero-order valence-corrected chi connectivity index (χ0v) is 21.6. The smallest absolute Gasteiger partial charge is 0.262 e. The Kier molecular flexibility index (Phi) is 8.61. The van der Waals surface area contributed by atoms with Crippen molar-refractivity contribution < 1.29 is 23.8 Å². The second-order valence-corrected chi connectivity index (χ2v) is 8.82. The van der Waals surface area contributed by atoms with Crippen LogP contribution in [0.1, 0.15) is 16.7 Å². The average molecular weight is 511 g/mol. The average Bonchev–Trinajstić information content (AvgIpc) is 2.89. The lowest BCUT2D eigenvalue weighted by Gasteiger charge is -2.15. The zero-order valence-electron chi connectivity index (χ0n) is 21.6. The lowest BCUT2D eigenvalue weighted by atomic mass is 10.2. The van der Waals surface area contributed by atoms with Gasteiger partial charge in [-0.2, -0.15) is 0 Å². The molecule has 0 heterocycles. The Morgan fingerprint density at radius 3 is 1.39 bits per heavy atom. The molecule has 0 spiro atoms. The summed E-state index contributed by atoms with van der Waals surface area (Å²) < 4.78 is 17.4. The van der Waals surface area contributed by atoms with Gasteiger partial charge in [0.25, 0.3) is 11.8 Å². The number of carbonyl (C=O) groups excluding carboxylic acids is 2. The third-order valence-corrected chi connectivity index (χ3v) is 5.70. The molecule has 0 aliphatic heterocycles. The Balaban J connectivity index is 1.48. The van der Waals surface area contributed by atoms with Crippen LogP contribution in [0.3, 0.4) is 0 Å². The van der Waals surface area contributed by atoms with Gasteiger partial charge in [0.1, 0.15) is 23.0 Å². The SMILES string of the molecule is Cc1ccccc1OCC(=O)Nc1cc(NC(=O)COc2ccccc2C)cc(Oc2ccccc2C)c1. The van der Waals surface area contributed by atoms with Crippen LogP contribution in [0.25, 0.3) is 0 Å². The predicted octanol–water partition coefficient (Wildman–Crippen LogP) is 6.44. The number of rotatable bonds is 10. The minimum Gasteiger partial charge on any atom is -0.483 e. The number of carbonyl (C=O) groups is 2. The van der Waals surface area contributed by atoms with Crippen LogP contribution in [0.2, 0.25) is 0 Å². The number of para-hydroxylation sites is 3. The van der Waals surface area contributed by atoms with Gasteiger partial charge in [0.2, 0.25) is 0 Å². The van der Waals surface area contributed by atoms with E-state index in [0.717, 1.165) is 16.7 Å². The molecule has 4 rings (SSSR count). The number of hydrogen-bond donors (Lipinski definition) is 2. The number of aryl methyl sites for hydroxylation is 3. The molecule has 4 aromatic rings. The molecule has 7 heteroatoms. The molecule has 2 N–H and O–H groups in total. The highest BCUT2D eigenvalue weighted by atomic mass is 16.5. The molecule has 2 amide bonds. The van der Waals surface area contributed by atoms with Crippen LogP contribution in [0.5, 0.6) is 23.0 Å². The number of hydrogen-bond acceptors (Lipinski definition) is 5. The van der Waals surface area contributed by atoms with Crippen molar-refractivity contribution in [3.63, 3.8) is 0 Å². The summed E-state index contributed by atoms with van der Waals surface area (Å²) in [5, 5.41) is 5.65. The minimum atomic E-state index is -0.346. The topological polar surface area (TPSA) is 85.9 Å². The van der Waals surface area contributed by atoms with E-state index < -0.39 is 0 Å². The lowest BCUT2D eigenvalue weighted by Crippen LogP contribution is -2.22. The Hall–Kier alpha value is -4.78. The van der Waals surface area contributed by atoms with E-state index in [1.807, 2.05) is 93.6 Å². The number of nitrogens with one attached hydrogen (secondary N) is 2. The van der Waals surface area contributed by atoms with Crippen LogP contribution >= 0.6 is 0 Å². The van der Waals surface area contributed by atoms with Crippen LogP contribution in [0.4, 0.5) is 11.4 Å². The monoisotopic (exact) mass is 510 g/mol. The molecule has 4 aromatic carbocycles. The van der Waals surface area contributed by atoms with E-state index in [0.29, 0.717) is 34.4 Å². The molecule has 0 aliphatic carbocycles. The first-order valence-electron chi connectivity index (χ1n) is 12.2. The summed E-state index contributed by atoms with van der Waals surface area (Å²) in [6.45, 7) is 5.43. The van der Waals surface area contributed by atoms with Gasteiger partial charge in [0, 0.05) is 23.5 Å². The summed E-state index contributed by atoms with van der Waals surface area (Å²) >= 11 is 0. The number of ether oxygens (including phenoxy) is 3. The first-order valence-corrected chi connectivity index (χ1v) is 12.2. The fourth-order valence-corrected chi connectivity index (χ4v) is 3.72. The van der Waals surface area contributed by atoms with Crippen molar-refractivity contribution in [3.05, 3.63) is 108 Å². The van der Waals surface area contributed by atoms with Crippen molar-refractivity contribution in [2.45, 2.75) is 20.8 Å². The van der Waals surface area contributed by atoms with Gasteiger partial charge in [0.05, 0.1) is 0 Å². The summed E-state index contributed by atoms with van der Waals surface area (Å²) in [4.78, 5) is 25.3. The third-order valence-electron chi connectivity index (χ3n) is 5.70. The van der Waals surface area contributed by atoms with Crippen LogP contribution in [0.15, 0.2) is 91.0 Å². The molecule has 0 aromatic heterocycles. The predicted molar refractivity (Wildman–Crippen MR) is 148 cm³/mol. The van der Waals surface area contributed by atoms with E-state index in [9.17, 15) is 9.59 Å². The van der Waals surface area contributed by atoms with Crippen molar-refractivity contribution in [2.75, 3.05) is 23.8 Å². The molecule has 7 nitrogen and oxygen atoms in total. The van der Waals surface area contributed by atoms with E-state index in [2.05, 4.69) is 10.6 Å². The maximum absolute atomic E-state index is 12.7. The van der Waals surface area contributed by atoms with Gasteiger partial charge in [-0.05, 0) is 61.7 Å². The minimum absolute atomic E-state index is 0.167. The molecule has 38 heavy (non-hydrogen) atoms. The summed E-state index contributed by atoms with van der Waals surface area (Å²) in [5.41, 5.74) is 3.72. The van der Waals surface area contributed by atoms with Gasteiger partial charge in [0.15, 0.2) is 13.2 Å². The molecule has 0 bridgehead atoms. The van der Waals surface area contributed by atoms with Gasteiger partial charge in [-0.25, -0.2) is 0 Å². The molecule has 0 radical (unpaired) electrons. The van der Waals surface area contributed by atoms with Gasteiger partial charge >= 0.3 is 0 Å². The van der Waals surface area contributed by atoms with Crippen LogP contribution in [-0.2, 0) is 9.59 Å². The summed E-state index contributed by atoms with van der Waals surface area (Å²) in [6, 6.07) is 27.6. The van der Waals surface area contributed by atoms with E-state index in [1.165, 1.54) is 0 Å². The van der Waals surface area contributed by atoms with E-state index >= 15 is 0 Å². The number of anilines is 2. The zero-order chi connectivity index (χ0) is 26.9. The van der Waals surface area contributed by atoms with Crippen LogP contribution < -0.4 is 24.8 Å². The standard InChI is InChI=1S/C31H30N2O5/c1-21-10-4-7-13-27(21)36-19-30(34)32-24-16-25(18-26(17-24)38-29-15-9-6-12-23(29)3)33-31(35)20-37-28-14-8-5-11-22(28)2/h4-18H,19-20H2,1-3H3,(H,32,34)(H,33,35). The van der Waals surface area contributed by atoms with E-state index in [-0.39, 0.29) is 25.0 Å². The van der Waals surface area contributed by atoms with Gasteiger partial charge in [-0.15, -0.1) is 0 Å². The van der Waals surface area contributed by atoms with Gasteiger partial charge < -0.3 is 24.8 Å². The van der Waals surface area contributed by atoms with Gasteiger partial charge in [-0.3, -0.25) is 9.59 Å². The Labute approximate surface area is 222 Å². The largest absolute Gasteiger partial charge is 0.483 e. The first kappa shape index (κ1) is 26.3. The van der Waals surface area contributed by atoms with Crippen molar-refractivity contribution in [1.82, 2.24) is 0 Å². The third kappa shape index (κ3) is 7.36. The number of benzene rings is 4. The highest BCUT2D eigenvalue weighted by Gasteiger charge is 2.12. The first-order chi connectivity index (χ1) is 18.4. The molecular formula is C31H30N2O5. The Morgan fingerprint density at radius 1 is 0.579 bits per heavy atom. The fourth-order valence-electron chi connectivity index (χ4n) is 3.72. The van der Waals surface area contributed by atoms with E-state index in [1.54, 1.807) is 18.2 Å². The lowest BCUT2D eigenvalue weighted by molar-refractivity contribution is -0.118. The van der Waals surface area contributed by atoms with Crippen LogP contribution in [-0.4, -0.2) is 25.0 Å². The Bertz CT molecular complexity index is 1350. The normalized spacial score (nSPS) is 10.4. The van der Waals surface area contributed by atoms with E-state index in [4.69, 9.17) is 14.2 Å². The highest BCUT2D eigenvalue weighted by Crippen LogP contribution is 2.30. The van der Waals surface area contributed by atoms with Crippen molar-refractivity contribution >= 4 is 23.2 Å². The molecule has 0 saturated carbocycles. The molecule has 0 unspecified atom stereocenters. The maximum Gasteiger partial charge on any atom is 0.262 e. The molecule has 0 saturated heterocycles. The molecule has 0 aliphatic rings. The van der Waals surface area contributed by atoms with Crippen LogP contribution in [0, 0.1) is 20.8 Å². The maximum atomic E-state index is 12.7. The summed E-state index contributed by atoms with van der Waals surface area (Å²) in [6.07, 6.45) is 0. The second kappa shape index (κ2) is 12.5. The molecule has 0 atom stereocenters. The quantitative estimate of drug-likeness (QED) is 0.256. The number of amides is 2. The second-order valence-electron chi connectivity index (χ2n) is 8.82. The fraction of sp³-hybridized carbons (Fsp3) is 0.161. The summed E-state index contributed by atoms with van der Waals surface area (Å²) in [7, 11) is 0. The molecule has 0 fully saturated rings.